The van der Waals surface area contributed by atoms with E-state index < -0.39 is 5.97 Å². The third kappa shape index (κ3) is 3.40. The van der Waals surface area contributed by atoms with Crippen LogP contribution in [0, 0.1) is 5.92 Å². The molecule has 4 rings (SSSR count). The van der Waals surface area contributed by atoms with Crippen LogP contribution in [0.4, 0.5) is 0 Å². The SMILES string of the molecule is COC(=O)c1cnc(C(=O)[C@@H]2CCc3cc(-c4ccccc4)ccc3C2)o1. The summed E-state index contributed by atoms with van der Waals surface area (Å²) in [6, 6.07) is 16.7. The summed E-state index contributed by atoms with van der Waals surface area (Å²) in [6.07, 6.45) is 3.46. The Morgan fingerprint density at radius 3 is 2.67 bits per heavy atom. The third-order valence-electron chi connectivity index (χ3n) is 5.02. The maximum Gasteiger partial charge on any atom is 0.375 e. The number of benzene rings is 2. The Morgan fingerprint density at radius 2 is 1.89 bits per heavy atom. The fraction of sp³-hybridized carbons (Fsp3) is 0.227. The highest BCUT2D eigenvalue weighted by Crippen LogP contribution is 2.31. The van der Waals surface area contributed by atoms with E-state index in [2.05, 4.69) is 40.1 Å². The lowest BCUT2D eigenvalue weighted by Crippen LogP contribution is -2.23. The number of rotatable bonds is 4. The van der Waals surface area contributed by atoms with Gasteiger partial charge in [0.15, 0.2) is 0 Å². The summed E-state index contributed by atoms with van der Waals surface area (Å²) in [6.45, 7) is 0. The van der Waals surface area contributed by atoms with Crippen molar-refractivity contribution >= 4 is 11.8 Å². The molecule has 0 saturated carbocycles. The number of hydrogen-bond donors (Lipinski definition) is 0. The summed E-state index contributed by atoms with van der Waals surface area (Å²) in [7, 11) is 1.26. The number of Topliss-reactive ketones (excluding diaryl/α,β-unsaturated/α-hetero) is 1. The Balaban J connectivity index is 1.52. The molecule has 5 nitrogen and oxygen atoms in total. The Bertz CT molecular complexity index is 991. The van der Waals surface area contributed by atoms with E-state index in [1.54, 1.807) is 0 Å². The highest BCUT2D eigenvalue weighted by molar-refractivity contribution is 5.95. The van der Waals surface area contributed by atoms with Gasteiger partial charge in [-0.05, 0) is 41.5 Å². The molecule has 1 aromatic heterocycles. The lowest BCUT2D eigenvalue weighted by molar-refractivity contribution is 0.0562. The molecule has 1 aliphatic carbocycles. The molecular formula is C22H19NO4. The Labute approximate surface area is 157 Å². The Morgan fingerprint density at radius 1 is 1.07 bits per heavy atom. The molecule has 0 saturated heterocycles. The number of carbonyl (C=O) groups excluding carboxylic acids is 2. The first-order valence-electron chi connectivity index (χ1n) is 8.91. The van der Waals surface area contributed by atoms with Crippen molar-refractivity contribution in [2.24, 2.45) is 5.92 Å². The van der Waals surface area contributed by atoms with Crippen molar-refractivity contribution in [3.05, 3.63) is 77.5 Å². The molecule has 0 radical (unpaired) electrons. The summed E-state index contributed by atoms with van der Waals surface area (Å²) in [5.74, 6) is -1.06. The molecule has 0 bridgehead atoms. The van der Waals surface area contributed by atoms with Gasteiger partial charge in [0.25, 0.3) is 5.89 Å². The van der Waals surface area contributed by atoms with Crippen molar-refractivity contribution in [1.82, 2.24) is 4.98 Å². The zero-order valence-electron chi connectivity index (χ0n) is 15.0. The van der Waals surface area contributed by atoms with Gasteiger partial charge in [-0.1, -0.05) is 48.5 Å². The topological polar surface area (TPSA) is 69.4 Å². The molecule has 1 heterocycles. The van der Waals surface area contributed by atoms with Gasteiger partial charge in [0, 0.05) is 5.92 Å². The van der Waals surface area contributed by atoms with Gasteiger partial charge in [-0.3, -0.25) is 4.79 Å². The first kappa shape index (κ1) is 17.2. The highest BCUT2D eigenvalue weighted by atomic mass is 16.5. The first-order chi connectivity index (χ1) is 13.2. The van der Waals surface area contributed by atoms with E-state index in [1.165, 1.54) is 35.6 Å². The van der Waals surface area contributed by atoms with Crippen molar-refractivity contribution in [2.45, 2.75) is 19.3 Å². The summed E-state index contributed by atoms with van der Waals surface area (Å²) < 4.78 is 9.87. The number of aryl methyl sites for hydroxylation is 1. The largest absolute Gasteiger partial charge is 0.463 e. The average Bonchev–Trinajstić information content (AvgIpc) is 3.23. The van der Waals surface area contributed by atoms with Gasteiger partial charge in [0.05, 0.1) is 13.3 Å². The molecule has 0 aliphatic heterocycles. The minimum Gasteiger partial charge on any atom is -0.463 e. The zero-order chi connectivity index (χ0) is 18.8. The molecule has 136 valence electrons. The van der Waals surface area contributed by atoms with Crippen molar-refractivity contribution < 1.29 is 18.7 Å². The molecule has 1 aliphatic rings. The van der Waals surface area contributed by atoms with E-state index in [4.69, 9.17) is 4.42 Å². The lowest BCUT2D eigenvalue weighted by Gasteiger charge is -2.23. The van der Waals surface area contributed by atoms with Crippen molar-refractivity contribution in [3.8, 4) is 11.1 Å². The van der Waals surface area contributed by atoms with Crippen LogP contribution in [0.2, 0.25) is 0 Å². The first-order valence-corrected chi connectivity index (χ1v) is 8.91. The predicted molar refractivity (Wildman–Crippen MR) is 99.6 cm³/mol. The number of aromatic nitrogens is 1. The average molecular weight is 361 g/mol. The number of hydrogen-bond acceptors (Lipinski definition) is 5. The Hall–Kier alpha value is -3.21. The molecule has 0 amide bonds. The van der Waals surface area contributed by atoms with E-state index in [0.717, 1.165) is 12.8 Å². The summed E-state index contributed by atoms with van der Waals surface area (Å²) in [5, 5.41) is 0. The van der Waals surface area contributed by atoms with Gasteiger partial charge in [0.1, 0.15) is 0 Å². The minimum absolute atomic E-state index is 0.0234. The van der Waals surface area contributed by atoms with E-state index in [0.29, 0.717) is 6.42 Å². The minimum atomic E-state index is -0.635. The molecule has 0 unspecified atom stereocenters. The van der Waals surface area contributed by atoms with Crippen LogP contribution in [-0.2, 0) is 17.6 Å². The van der Waals surface area contributed by atoms with Crippen LogP contribution < -0.4 is 0 Å². The summed E-state index contributed by atoms with van der Waals surface area (Å²) in [4.78, 5) is 28.1. The number of ketones is 1. The molecule has 0 fully saturated rings. The van der Waals surface area contributed by atoms with Gasteiger partial charge in [-0.15, -0.1) is 0 Å². The van der Waals surface area contributed by atoms with Gasteiger partial charge in [0.2, 0.25) is 11.5 Å². The number of esters is 1. The maximum atomic E-state index is 12.7. The van der Waals surface area contributed by atoms with Crippen LogP contribution in [0.15, 0.2) is 59.1 Å². The highest BCUT2D eigenvalue weighted by Gasteiger charge is 2.29. The molecule has 1 atom stereocenters. The van der Waals surface area contributed by atoms with E-state index >= 15 is 0 Å². The van der Waals surface area contributed by atoms with Crippen LogP contribution >= 0.6 is 0 Å². The monoisotopic (exact) mass is 361 g/mol. The van der Waals surface area contributed by atoms with Crippen molar-refractivity contribution in [3.63, 3.8) is 0 Å². The normalized spacial score (nSPS) is 15.8. The number of nitrogens with zero attached hydrogens (tertiary/aromatic N) is 1. The molecule has 27 heavy (non-hydrogen) atoms. The van der Waals surface area contributed by atoms with Crippen molar-refractivity contribution in [2.75, 3.05) is 7.11 Å². The van der Waals surface area contributed by atoms with Crippen LogP contribution in [-0.4, -0.2) is 23.8 Å². The standard InChI is InChI=1S/C22H19NO4/c1-26-22(25)19-13-23-21(27-19)20(24)18-10-9-16-11-15(7-8-17(16)12-18)14-5-3-2-4-6-14/h2-8,11,13,18H,9-10,12H2,1H3/t18-/m1/s1. The summed E-state index contributed by atoms with van der Waals surface area (Å²) in [5.41, 5.74) is 4.84. The molecule has 0 spiro atoms. The number of methoxy groups -OCH3 is 1. The molecule has 5 heteroatoms. The smallest absolute Gasteiger partial charge is 0.375 e. The predicted octanol–water partition coefficient (Wildman–Crippen LogP) is 4.12. The number of carbonyl (C=O) groups is 2. The van der Waals surface area contributed by atoms with E-state index in [9.17, 15) is 9.59 Å². The zero-order valence-corrected chi connectivity index (χ0v) is 15.0. The van der Waals surface area contributed by atoms with Crippen molar-refractivity contribution in [1.29, 1.82) is 0 Å². The van der Waals surface area contributed by atoms with Crippen LogP contribution in [0.1, 0.15) is 38.8 Å². The van der Waals surface area contributed by atoms with E-state index in [1.807, 2.05) is 18.2 Å². The second kappa shape index (κ2) is 7.19. The van der Waals surface area contributed by atoms with Gasteiger partial charge in [-0.2, -0.15) is 0 Å². The van der Waals surface area contributed by atoms with Crippen LogP contribution in [0.5, 0.6) is 0 Å². The molecule has 2 aromatic carbocycles. The number of ether oxygens (including phenoxy) is 1. The number of fused-ring (bicyclic) bond motifs is 1. The van der Waals surface area contributed by atoms with Crippen LogP contribution in [0.25, 0.3) is 11.1 Å². The van der Waals surface area contributed by atoms with Gasteiger partial charge >= 0.3 is 5.97 Å². The Kier molecular flexibility index (Phi) is 4.59. The second-order valence-electron chi connectivity index (χ2n) is 6.67. The quantitative estimate of drug-likeness (QED) is 0.516. The number of oxazole rings is 1. The van der Waals surface area contributed by atoms with E-state index in [-0.39, 0.29) is 23.4 Å². The lowest BCUT2D eigenvalue weighted by atomic mass is 9.80. The third-order valence-corrected chi connectivity index (χ3v) is 5.02. The molecule has 0 N–H and O–H groups in total. The molecule has 3 aromatic rings. The fourth-order valence-electron chi connectivity index (χ4n) is 3.55. The van der Waals surface area contributed by atoms with Gasteiger partial charge in [-0.25, -0.2) is 9.78 Å². The maximum absolute atomic E-state index is 12.7. The van der Waals surface area contributed by atoms with Gasteiger partial charge < -0.3 is 9.15 Å². The fourth-order valence-corrected chi connectivity index (χ4v) is 3.55. The molecular weight excluding hydrogens is 342 g/mol. The summed E-state index contributed by atoms with van der Waals surface area (Å²) >= 11 is 0. The second-order valence-corrected chi connectivity index (χ2v) is 6.67. The van der Waals surface area contributed by atoms with Crippen LogP contribution in [0.3, 0.4) is 0 Å².